The minimum Gasteiger partial charge on any atom is -0.375 e. The first-order valence-corrected chi connectivity index (χ1v) is 8.31. The van der Waals surface area contributed by atoms with Crippen molar-refractivity contribution in [2.24, 2.45) is 0 Å². The number of rotatable bonds is 2. The van der Waals surface area contributed by atoms with E-state index in [1.165, 1.54) is 24.3 Å². The van der Waals surface area contributed by atoms with Gasteiger partial charge in [0.1, 0.15) is 0 Å². The first kappa shape index (κ1) is 12.8. The zero-order chi connectivity index (χ0) is 12.4. The van der Waals surface area contributed by atoms with Crippen molar-refractivity contribution in [3.63, 3.8) is 0 Å². The van der Waals surface area contributed by atoms with Gasteiger partial charge in [0.2, 0.25) is 0 Å². The van der Waals surface area contributed by atoms with Crippen molar-refractivity contribution in [1.82, 2.24) is 9.78 Å². The average Bonchev–Trinajstić information content (AvgIpc) is 2.88. The van der Waals surface area contributed by atoms with E-state index in [2.05, 4.69) is 16.0 Å². The van der Waals surface area contributed by atoms with E-state index >= 15 is 0 Å². The van der Waals surface area contributed by atoms with Crippen molar-refractivity contribution in [3.8, 4) is 0 Å². The van der Waals surface area contributed by atoms with Crippen LogP contribution in [0.15, 0.2) is 12.4 Å². The van der Waals surface area contributed by atoms with E-state index in [1.807, 2.05) is 18.0 Å². The Labute approximate surface area is 117 Å². The highest BCUT2D eigenvalue weighted by atomic mass is 35.5. The molecule has 5 heteroatoms. The lowest BCUT2D eigenvalue weighted by atomic mass is 9.85. The first-order valence-electron chi connectivity index (χ1n) is 6.62. The molecule has 2 saturated heterocycles. The molecule has 0 saturated carbocycles. The molecule has 100 valence electrons. The largest absolute Gasteiger partial charge is 0.375 e. The Morgan fingerprint density at radius 3 is 3.06 bits per heavy atom. The lowest BCUT2D eigenvalue weighted by Gasteiger charge is -2.43. The Balaban J connectivity index is 1.73. The predicted octanol–water partition coefficient (Wildman–Crippen LogP) is 3.24. The topological polar surface area (TPSA) is 27.1 Å². The molecule has 3 nitrogen and oxygen atoms in total. The highest BCUT2D eigenvalue weighted by Crippen LogP contribution is 2.41. The minimum absolute atomic E-state index is 0.126. The Bertz CT molecular complexity index is 398. The summed E-state index contributed by atoms with van der Waals surface area (Å²) in [6.07, 6.45) is 8.53. The summed E-state index contributed by atoms with van der Waals surface area (Å²) in [6.45, 7) is 0.866. The normalized spacial score (nSPS) is 27.5. The summed E-state index contributed by atoms with van der Waals surface area (Å²) >= 11 is 7.89. The van der Waals surface area contributed by atoms with Crippen LogP contribution in [-0.2, 0) is 10.6 Å². The predicted molar refractivity (Wildman–Crippen MR) is 75.3 cm³/mol. The fourth-order valence-corrected chi connectivity index (χ4v) is 4.34. The van der Waals surface area contributed by atoms with E-state index in [9.17, 15) is 0 Å². The van der Waals surface area contributed by atoms with Crippen LogP contribution in [0.2, 0.25) is 0 Å². The second-order valence-electron chi connectivity index (χ2n) is 5.25. The summed E-state index contributed by atoms with van der Waals surface area (Å²) in [6, 6.07) is 0.485. The lowest BCUT2D eigenvalue weighted by molar-refractivity contribution is -0.100. The van der Waals surface area contributed by atoms with E-state index in [0.717, 1.165) is 25.0 Å². The molecule has 0 aromatic carbocycles. The molecule has 3 rings (SSSR count). The average molecular weight is 287 g/mol. The molecular weight excluding hydrogens is 268 g/mol. The summed E-state index contributed by atoms with van der Waals surface area (Å²) in [7, 11) is 0. The summed E-state index contributed by atoms with van der Waals surface area (Å²) in [5.41, 5.74) is 1.23. The third-order valence-electron chi connectivity index (χ3n) is 4.05. The summed E-state index contributed by atoms with van der Waals surface area (Å²) in [4.78, 5) is 0. The van der Waals surface area contributed by atoms with Gasteiger partial charge in [-0.3, -0.25) is 4.68 Å². The van der Waals surface area contributed by atoms with Crippen molar-refractivity contribution in [2.45, 2.75) is 43.2 Å². The molecule has 0 aliphatic carbocycles. The summed E-state index contributed by atoms with van der Waals surface area (Å²) < 4.78 is 8.21. The van der Waals surface area contributed by atoms with Gasteiger partial charge >= 0.3 is 0 Å². The molecule has 3 heterocycles. The van der Waals surface area contributed by atoms with Gasteiger partial charge in [0.15, 0.2) is 0 Å². The van der Waals surface area contributed by atoms with E-state index in [-0.39, 0.29) is 5.60 Å². The maximum absolute atomic E-state index is 6.11. The van der Waals surface area contributed by atoms with Crippen LogP contribution in [0.1, 0.15) is 37.3 Å². The van der Waals surface area contributed by atoms with Crippen LogP contribution in [0.4, 0.5) is 0 Å². The maximum Gasteiger partial charge on any atom is 0.0718 e. The smallest absolute Gasteiger partial charge is 0.0718 e. The number of halogens is 1. The number of alkyl halides is 1. The Kier molecular flexibility index (Phi) is 3.87. The van der Waals surface area contributed by atoms with Gasteiger partial charge in [0, 0.05) is 18.4 Å². The molecular formula is C13H19ClN2OS. The van der Waals surface area contributed by atoms with Crippen molar-refractivity contribution in [2.75, 3.05) is 18.1 Å². The van der Waals surface area contributed by atoms with E-state index < -0.39 is 0 Å². The van der Waals surface area contributed by atoms with Gasteiger partial charge in [-0.2, -0.15) is 16.9 Å². The number of hydrogen-bond donors (Lipinski definition) is 0. The fourth-order valence-electron chi connectivity index (χ4n) is 2.97. The molecule has 2 fully saturated rings. The highest BCUT2D eigenvalue weighted by molar-refractivity contribution is 7.99. The molecule has 1 atom stereocenters. The minimum atomic E-state index is 0.126. The van der Waals surface area contributed by atoms with Gasteiger partial charge in [0.05, 0.1) is 23.7 Å². The Hall–Kier alpha value is -0.190. The third-order valence-corrected chi connectivity index (χ3v) is 5.35. The van der Waals surface area contributed by atoms with Crippen LogP contribution in [-0.4, -0.2) is 33.5 Å². The van der Waals surface area contributed by atoms with Crippen molar-refractivity contribution in [3.05, 3.63) is 18.0 Å². The third kappa shape index (κ3) is 2.56. The van der Waals surface area contributed by atoms with Gasteiger partial charge in [-0.1, -0.05) is 0 Å². The second-order valence-corrected chi connectivity index (χ2v) is 6.74. The fraction of sp³-hybridized carbons (Fsp3) is 0.769. The standard InChI is InChI=1S/C13H19ClN2OS/c14-8-11-9-15-16(10-11)12-1-4-17-13(7-12)2-5-18-6-3-13/h9-10,12H,1-8H2. The molecule has 1 aromatic rings. The molecule has 1 aromatic heterocycles. The SMILES string of the molecule is ClCc1cnn(C2CCOC3(CCSCC3)C2)c1. The number of nitrogens with zero attached hydrogens (tertiary/aromatic N) is 2. The van der Waals surface area contributed by atoms with Gasteiger partial charge < -0.3 is 4.74 Å². The second kappa shape index (κ2) is 5.43. The summed E-state index contributed by atoms with van der Waals surface area (Å²) in [5, 5.41) is 4.46. The van der Waals surface area contributed by atoms with Crippen molar-refractivity contribution < 1.29 is 4.74 Å². The monoisotopic (exact) mass is 286 g/mol. The maximum atomic E-state index is 6.11. The molecule has 1 unspecified atom stereocenters. The van der Waals surface area contributed by atoms with Gasteiger partial charge in [-0.05, 0) is 37.2 Å². The van der Waals surface area contributed by atoms with Crippen LogP contribution in [0, 0.1) is 0 Å². The van der Waals surface area contributed by atoms with E-state index in [0.29, 0.717) is 11.9 Å². The Morgan fingerprint density at radius 1 is 1.50 bits per heavy atom. The highest BCUT2D eigenvalue weighted by Gasteiger charge is 2.39. The van der Waals surface area contributed by atoms with E-state index in [1.54, 1.807) is 0 Å². The molecule has 0 bridgehead atoms. The Morgan fingerprint density at radius 2 is 2.33 bits per heavy atom. The number of thioether (sulfide) groups is 1. The van der Waals surface area contributed by atoms with Crippen LogP contribution in [0.25, 0.3) is 0 Å². The number of aromatic nitrogens is 2. The molecule has 2 aliphatic rings. The molecule has 2 aliphatic heterocycles. The molecule has 0 N–H and O–H groups in total. The summed E-state index contributed by atoms with van der Waals surface area (Å²) in [5.74, 6) is 3.02. The molecule has 0 amide bonds. The zero-order valence-corrected chi connectivity index (χ0v) is 12.1. The van der Waals surface area contributed by atoms with Crippen LogP contribution in [0.3, 0.4) is 0 Å². The lowest BCUT2D eigenvalue weighted by Crippen LogP contribution is -2.43. The van der Waals surface area contributed by atoms with Crippen molar-refractivity contribution >= 4 is 23.4 Å². The van der Waals surface area contributed by atoms with Gasteiger partial charge in [0.25, 0.3) is 0 Å². The zero-order valence-electron chi connectivity index (χ0n) is 10.5. The van der Waals surface area contributed by atoms with Gasteiger partial charge in [-0.15, -0.1) is 11.6 Å². The number of hydrogen-bond acceptors (Lipinski definition) is 3. The number of ether oxygens (including phenoxy) is 1. The molecule has 18 heavy (non-hydrogen) atoms. The molecule has 1 spiro atoms. The van der Waals surface area contributed by atoms with Crippen LogP contribution >= 0.6 is 23.4 Å². The molecule has 0 radical (unpaired) electrons. The van der Waals surface area contributed by atoms with Crippen LogP contribution in [0.5, 0.6) is 0 Å². The first-order chi connectivity index (χ1) is 8.81. The van der Waals surface area contributed by atoms with Crippen molar-refractivity contribution in [1.29, 1.82) is 0 Å². The van der Waals surface area contributed by atoms with Crippen LogP contribution < -0.4 is 0 Å². The van der Waals surface area contributed by atoms with Gasteiger partial charge in [-0.25, -0.2) is 0 Å². The quantitative estimate of drug-likeness (QED) is 0.781. The van der Waals surface area contributed by atoms with E-state index in [4.69, 9.17) is 16.3 Å².